The molecule has 1 aromatic rings. The van der Waals surface area contributed by atoms with Gasteiger partial charge in [0.05, 0.1) is 5.56 Å². The van der Waals surface area contributed by atoms with Crippen LogP contribution in [0.25, 0.3) is 0 Å². The maximum absolute atomic E-state index is 12.0. The van der Waals surface area contributed by atoms with Gasteiger partial charge in [-0.05, 0) is 31.3 Å². The lowest BCUT2D eigenvalue weighted by Crippen LogP contribution is -2.43. The maximum Gasteiger partial charge on any atom is 0.416 e. The first-order valence-corrected chi connectivity index (χ1v) is 7.59. The summed E-state index contributed by atoms with van der Waals surface area (Å²) in [6.45, 7) is 7.80. The molecule has 7 heteroatoms. The summed E-state index contributed by atoms with van der Waals surface area (Å²) in [6, 6.07) is 4.88. The Balaban J connectivity index is 0.000000392. The van der Waals surface area contributed by atoms with Crippen LogP contribution in [0.2, 0.25) is 0 Å². The van der Waals surface area contributed by atoms with E-state index in [4.69, 9.17) is 0 Å². The van der Waals surface area contributed by atoms with Gasteiger partial charge in [0.2, 0.25) is 6.41 Å². The van der Waals surface area contributed by atoms with Crippen LogP contribution in [-0.4, -0.2) is 56.5 Å². The number of hydrogen-bond donors (Lipinski definition) is 1. The maximum atomic E-state index is 12.0. The zero-order valence-electron chi connectivity index (χ0n) is 14.2. The average Bonchev–Trinajstić information content (AvgIpc) is 2.57. The number of alkyl halides is 3. The molecular formula is C16H26F3N3O. The fourth-order valence-corrected chi connectivity index (χ4v) is 1.75. The van der Waals surface area contributed by atoms with Gasteiger partial charge in [-0.2, -0.15) is 13.2 Å². The van der Waals surface area contributed by atoms with Crippen LogP contribution in [0.1, 0.15) is 19.4 Å². The minimum atomic E-state index is -4.24. The van der Waals surface area contributed by atoms with Crippen LogP contribution in [-0.2, 0) is 11.0 Å². The first-order valence-electron chi connectivity index (χ1n) is 7.59. The molecule has 1 aliphatic heterocycles. The van der Waals surface area contributed by atoms with Gasteiger partial charge in [0.25, 0.3) is 0 Å². The minimum absolute atomic E-state index is 0.624. The number of amides is 1. The zero-order valence-corrected chi connectivity index (χ0v) is 14.2. The summed E-state index contributed by atoms with van der Waals surface area (Å²) in [5.41, 5.74) is 0.0458. The van der Waals surface area contributed by atoms with Gasteiger partial charge in [-0.1, -0.05) is 13.8 Å². The minimum Gasteiger partial charge on any atom is -0.388 e. The Kier molecular flexibility index (Phi) is 10.0. The van der Waals surface area contributed by atoms with Crippen LogP contribution in [0, 0.1) is 0 Å². The summed E-state index contributed by atoms with van der Waals surface area (Å²) in [6.07, 6.45) is -3.32. The number of carbonyl (C=O) groups excluding carboxylic acids is 1. The lowest BCUT2D eigenvalue weighted by Gasteiger charge is -2.29. The van der Waals surface area contributed by atoms with Crippen molar-refractivity contribution >= 4 is 12.1 Å². The van der Waals surface area contributed by atoms with Crippen molar-refractivity contribution in [3.8, 4) is 0 Å². The molecule has 0 saturated carbocycles. The molecule has 0 aliphatic carbocycles. The summed E-state index contributed by atoms with van der Waals surface area (Å²) in [4.78, 5) is 14.2. The number of likely N-dealkylation sites (N-methyl/N-ethyl adjacent to an activating group) is 1. The fourth-order valence-electron chi connectivity index (χ4n) is 1.75. The van der Waals surface area contributed by atoms with E-state index in [2.05, 4.69) is 17.3 Å². The van der Waals surface area contributed by atoms with Crippen LogP contribution in [0.5, 0.6) is 0 Å². The Bertz CT molecular complexity index is 427. The third-order valence-electron chi connectivity index (χ3n) is 3.19. The molecule has 132 valence electrons. The largest absolute Gasteiger partial charge is 0.416 e. The molecule has 1 aliphatic rings. The van der Waals surface area contributed by atoms with Gasteiger partial charge in [-0.25, -0.2) is 0 Å². The fraction of sp³-hybridized carbons (Fsp3) is 0.562. The molecule has 1 saturated heterocycles. The van der Waals surface area contributed by atoms with Crippen molar-refractivity contribution in [2.24, 2.45) is 0 Å². The number of hydrogen-bond acceptors (Lipinski definition) is 3. The highest BCUT2D eigenvalue weighted by molar-refractivity contribution is 5.47. The second-order valence-electron chi connectivity index (χ2n) is 4.77. The number of piperazine rings is 1. The van der Waals surface area contributed by atoms with Crippen molar-refractivity contribution in [1.29, 1.82) is 0 Å². The Morgan fingerprint density at radius 3 is 1.87 bits per heavy atom. The molecule has 23 heavy (non-hydrogen) atoms. The van der Waals surface area contributed by atoms with Crippen LogP contribution in [0.15, 0.2) is 24.3 Å². The van der Waals surface area contributed by atoms with Crippen molar-refractivity contribution in [2.75, 3.05) is 45.6 Å². The summed E-state index contributed by atoms with van der Waals surface area (Å²) in [5, 5.41) is 2.74. The summed E-state index contributed by atoms with van der Waals surface area (Å²) < 4.78 is 36.0. The summed E-state index contributed by atoms with van der Waals surface area (Å²) >= 11 is 0. The van der Waals surface area contributed by atoms with Crippen molar-refractivity contribution in [2.45, 2.75) is 20.0 Å². The Morgan fingerprint density at radius 2 is 1.52 bits per heavy atom. The second-order valence-corrected chi connectivity index (χ2v) is 4.77. The highest BCUT2D eigenvalue weighted by Crippen LogP contribution is 2.29. The lowest BCUT2D eigenvalue weighted by atomic mass is 10.2. The highest BCUT2D eigenvalue weighted by atomic mass is 19.4. The van der Waals surface area contributed by atoms with Gasteiger partial charge in [-0.3, -0.25) is 4.79 Å². The van der Waals surface area contributed by atoms with Crippen LogP contribution >= 0.6 is 0 Å². The first kappa shape index (κ1) is 21.2. The van der Waals surface area contributed by atoms with E-state index >= 15 is 0 Å². The third kappa shape index (κ3) is 8.44. The predicted molar refractivity (Wildman–Crippen MR) is 87.5 cm³/mol. The lowest BCUT2D eigenvalue weighted by molar-refractivity contribution is -0.137. The summed E-state index contributed by atoms with van der Waals surface area (Å²) in [7, 11) is 3.73. The molecule has 2 rings (SSSR count). The molecule has 1 aromatic carbocycles. The number of benzene rings is 1. The SMILES string of the molecule is CC.CN1CCN(C=O)CC1.CNc1ccc(C(F)(F)F)cc1. The van der Waals surface area contributed by atoms with Gasteiger partial charge in [0.1, 0.15) is 0 Å². The molecular weight excluding hydrogens is 307 g/mol. The van der Waals surface area contributed by atoms with E-state index in [1.807, 2.05) is 13.8 Å². The van der Waals surface area contributed by atoms with Gasteiger partial charge in [-0.15, -0.1) is 0 Å². The number of rotatable bonds is 2. The van der Waals surface area contributed by atoms with Gasteiger partial charge in [0, 0.05) is 38.9 Å². The smallest absolute Gasteiger partial charge is 0.388 e. The molecule has 0 unspecified atom stereocenters. The standard InChI is InChI=1S/C8H8F3N.C6H12N2O.C2H6/c1-12-7-4-2-6(3-5-7)8(9,10)11;1-7-2-4-8(6-9)5-3-7;1-2/h2-5,12H,1H3;6H,2-5H2,1H3;1-2H3. The predicted octanol–water partition coefficient (Wildman–Crippen LogP) is 3.16. The van der Waals surface area contributed by atoms with Gasteiger partial charge in [0.15, 0.2) is 0 Å². The topological polar surface area (TPSA) is 35.6 Å². The van der Waals surface area contributed by atoms with Crippen molar-refractivity contribution in [3.05, 3.63) is 29.8 Å². The van der Waals surface area contributed by atoms with E-state index in [1.165, 1.54) is 12.1 Å². The molecule has 0 bridgehead atoms. The van der Waals surface area contributed by atoms with Gasteiger partial charge < -0.3 is 15.1 Å². The van der Waals surface area contributed by atoms with Crippen molar-refractivity contribution in [3.63, 3.8) is 0 Å². The van der Waals surface area contributed by atoms with E-state index in [9.17, 15) is 18.0 Å². The van der Waals surface area contributed by atoms with E-state index in [1.54, 1.807) is 11.9 Å². The molecule has 1 N–H and O–H groups in total. The Hall–Kier alpha value is -1.76. The molecule has 1 amide bonds. The number of nitrogens with zero attached hydrogens (tertiary/aromatic N) is 2. The molecule has 1 fully saturated rings. The number of nitrogens with one attached hydrogen (secondary N) is 1. The molecule has 0 spiro atoms. The van der Waals surface area contributed by atoms with Gasteiger partial charge >= 0.3 is 6.18 Å². The number of carbonyl (C=O) groups is 1. The van der Waals surface area contributed by atoms with E-state index in [0.29, 0.717) is 5.69 Å². The Morgan fingerprint density at radius 1 is 1.04 bits per heavy atom. The monoisotopic (exact) mass is 333 g/mol. The number of halogens is 3. The second kappa shape index (κ2) is 10.9. The van der Waals surface area contributed by atoms with E-state index < -0.39 is 11.7 Å². The molecule has 4 nitrogen and oxygen atoms in total. The Labute approximate surface area is 136 Å². The first-order chi connectivity index (χ1) is 10.9. The molecule has 0 radical (unpaired) electrons. The summed E-state index contributed by atoms with van der Waals surface area (Å²) in [5.74, 6) is 0. The quantitative estimate of drug-likeness (QED) is 0.845. The van der Waals surface area contributed by atoms with Crippen LogP contribution in [0.4, 0.5) is 18.9 Å². The third-order valence-corrected chi connectivity index (χ3v) is 3.19. The number of anilines is 1. The molecule has 0 atom stereocenters. The normalized spacial score (nSPS) is 14.8. The van der Waals surface area contributed by atoms with Crippen LogP contribution in [0.3, 0.4) is 0 Å². The molecule has 1 heterocycles. The van der Waals surface area contributed by atoms with Crippen LogP contribution < -0.4 is 5.32 Å². The van der Waals surface area contributed by atoms with Crippen molar-refractivity contribution < 1.29 is 18.0 Å². The molecule has 0 aromatic heterocycles. The van der Waals surface area contributed by atoms with Crippen molar-refractivity contribution in [1.82, 2.24) is 9.80 Å². The zero-order chi connectivity index (χ0) is 17.9. The highest BCUT2D eigenvalue weighted by Gasteiger charge is 2.29. The average molecular weight is 333 g/mol. The van der Waals surface area contributed by atoms with E-state index in [-0.39, 0.29) is 0 Å². The van der Waals surface area contributed by atoms with E-state index in [0.717, 1.165) is 44.7 Å².